The Labute approximate surface area is 137 Å². The van der Waals surface area contributed by atoms with Gasteiger partial charge in [0.15, 0.2) is 5.78 Å². The number of morpholine rings is 1. The third-order valence-electron chi connectivity index (χ3n) is 4.55. The molecule has 1 saturated heterocycles. The predicted molar refractivity (Wildman–Crippen MR) is 91.9 cm³/mol. The first kappa shape index (κ1) is 15.9. The maximum absolute atomic E-state index is 12.8. The van der Waals surface area contributed by atoms with Gasteiger partial charge >= 0.3 is 0 Å². The van der Waals surface area contributed by atoms with Crippen LogP contribution in [0.1, 0.15) is 32.6 Å². The SMILES string of the molecule is Cc1cccc(C(=O)c2cccc(CN3CCOCC3)c2)c1C. The van der Waals surface area contributed by atoms with Crippen molar-refractivity contribution in [1.82, 2.24) is 4.90 Å². The molecule has 3 nitrogen and oxygen atoms in total. The number of benzene rings is 2. The van der Waals surface area contributed by atoms with Crippen LogP contribution in [-0.2, 0) is 11.3 Å². The van der Waals surface area contributed by atoms with Crippen molar-refractivity contribution < 1.29 is 9.53 Å². The highest BCUT2D eigenvalue weighted by Gasteiger charge is 2.15. The largest absolute Gasteiger partial charge is 0.379 e. The lowest BCUT2D eigenvalue weighted by Crippen LogP contribution is -2.35. The van der Waals surface area contributed by atoms with E-state index < -0.39 is 0 Å². The van der Waals surface area contributed by atoms with Crippen LogP contribution in [0.4, 0.5) is 0 Å². The van der Waals surface area contributed by atoms with Crippen molar-refractivity contribution in [2.75, 3.05) is 26.3 Å². The van der Waals surface area contributed by atoms with Crippen molar-refractivity contribution >= 4 is 5.78 Å². The molecule has 0 spiro atoms. The molecule has 0 bridgehead atoms. The number of aryl methyl sites for hydroxylation is 1. The Bertz CT molecular complexity index is 703. The Hall–Kier alpha value is -1.97. The summed E-state index contributed by atoms with van der Waals surface area (Å²) in [5.41, 5.74) is 4.97. The van der Waals surface area contributed by atoms with E-state index in [9.17, 15) is 4.79 Å². The summed E-state index contributed by atoms with van der Waals surface area (Å²) in [7, 11) is 0. The predicted octanol–water partition coefficient (Wildman–Crippen LogP) is 3.37. The van der Waals surface area contributed by atoms with E-state index in [1.165, 1.54) is 5.56 Å². The van der Waals surface area contributed by atoms with Crippen LogP contribution in [0.15, 0.2) is 42.5 Å². The molecule has 0 N–H and O–H groups in total. The Morgan fingerprint density at radius 1 is 1.09 bits per heavy atom. The van der Waals surface area contributed by atoms with Crippen LogP contribution in [0.25, 0.3) is 0 Å². The molecule has 23 heavy (non-hydrogen) atoms. The summed E-state index contributed by atoms with van der Waals surface area (Å²) < 4.78 is 5.39. The molecule has 2 aromatic carbocycles. The maximum atomic E-state index is 12.8. The number of hydrogen-bond donors (Lipinski definition) is 0. The van der Waals surface area contributed by atoms with Crippen molar-refractivity contribution in [3.63, 3.8) is 0 Å². The minimum absolute atomic E-state index is 0.107. The molecule has 1 aliphatic rings. The fourth-order valence-electron chi connectivity index (χ4n) is 2.98. The Morgan fingerprint density at radius 3 is 2.61 bits per heavy atom. The highest BCUT2D eigenvalue weighted by atomic mass is 16.5. The fraction of sp³-hybridized carbons (Fsp3) is 0.350. The molecular formula is C20H23NO2. The number of carbonyl (C=O) groups is 1. The molecule has 0 atom stereocenters. The van der Waals surface area contributed by atoms with Gasteiger partial charge in [0.05, 0.1) is 13.2 Å². The molecule has 0 aliphatic carbocycles. The Balaban J connectivity index is 1.81. The molecule has 0 saturated carbocycles. The van der Waals surface area contributed by atoms with Gasteiger partial charge in [0, 0.05) is 30.8 Å². The van der Waals surface area contributed by atoms with Crippen molar-refractivity contribution in [1.29, 1.82) is 0 Å². The van der Waals surface area contributed by atoms with Gasteiger partial charge in [0.25, 0.3) is 0 Å². The summed E-state index contributed by atoms with van der Waals surface area (Å²) in [5.74, 6) is 0.107. The fourth-order valence-corrected chi connectivity index (χ4v) is 2.98. The zero-order valence-electron chi connectivity index (χ0n) is 13.8. The van der Waals surface area contributed by atoms with Crippen molar-refractivity contribution in [3.8, 4) is 0 Å². The molecule has 1 aliphatic heterocycles. The normalized spacial score (nSPS) is 15.6. The second-order valence-electron chi connectivity index (χ2n) is 6.17. The van der Waals surface area contributed by atoms with Crippen molar-refractivity contribution in [3.05, 3.63) is 70.3 Å². The van der Waals surface area contributed by atoms with E-state index >= 15 is 0 Å². The topological polar surface area (TPSA) is 29.5 Å². The third-order valence-corrected chi connectivity index (χ3v) is 4.55. The summed E-state index contributed by atoms with van der Waals surface area (Å²) in [6.07, 6.45) is 0. The smallest absolute Gasteiger partial charge is 0.193 e. The number of ether oxygens (including phenoxy) is 1. The monoisotopic (exact) mass is 309 g/mol. The highest BCUT2D eigenvalue weighted by Crippen LogP contribution is 2.18. The van der Waals surface area contributed by atoms with E-state index in [0.29, 0.717) is 0 Å². The molecule has 3 heteroatoms. The highest BCUT2D eigenvalue weighted by molar-refractivity contribution is 6.10. The van der Waals surface area contributed by atoms with E-state index in [-0.39, 0.29) is 5.78 Å². The Kier molecular flexibility index (Phi) is 4.89. The van der Waals surface area contributed by atoms with Gasteiger partial charge in [-0.1, -0.05) is 36.4 Å². The van der Waals surface area contributed by atoms with Gasteiger partial charge in [-0.25, -0.2) is 0 Å². The third kappa shape index (κ3) is 3.69. The minimum atomic E-state index is 0.107. The molecule has 1 heterocycles. The van der Waals surface area contributed by atoms with Crippen LogP contribution in [0.3, 0.4) is 0 Å². The van der Waals surface area contributed by atoms with Gasteiger partial charge in [-0.05, 0) is 36.6 Å². The van der Waals surface area contributed by atoms with E-state index in [2.05, 4.69) is 11.0 Å². The average Bonchev–Trinajstić information content (AvgIpc) is 2.58. The standard InChI is InChI=1S/C20H23NO2/c1-15-5-3-8-19(16(15)2)20(22)18-7-4-6-17(13-18)14-21-9-11-23-12-10-21/h3-8,13H,9-12,14H2,1-2H3. The molecule has 1 fully saturated rings. The lowest BCUT2D eigenvalue weighted by atomic mass is 9.95. The van der Waals surface area contributed by atoms with E-state index in [1.54, 1.807) is 0 Å². The number of nitrogens with zero attached hydrogens (tertiary/aromatic N) is 1. The van der Waals surface area contributed by atoms with Crippen molar-refractivity contribution in [2.24, 2.45) is 0 Å². The molecule has 0 unspecified atom stereocenters. The zero-order chi connectivity index (χ0) is 16.2. The van der Waals surface area contributed by atoms with Crippen LogP contribution in [0.5, 0.6) is 0 Å². The average molecular weight is 309 g/mol. The van der Waals surface area contributed by atoms with Crippen LogP contribution >= 0.6 is 0 Å². The summed E-state index contributed by atoms with van der Waals surface area (Å²) in [6.45, 7) is 8.42. The molecular weight excluding hydrogens is 286 g/mol. The summed E-state index contributed by atoms with van der Waals surface area (Å²) in [5, 5.41) is 0. The van der Waals surface area contributed by atoms with Crippen LogP contribution in [0, 0.1) is 13.8 Å². The second-order valence-corrected chi connectivity index (χ2v) is 6.17. The lowest BCUT2D eigenvalue weighted by molar-refractivity contribution is 0.0342. The quantitative estimate of drug-likeness (QED) is 0.811. The van der Waals surface area contributed by atoms with Gasteiger partial charge in [-0.15, -0.1) is 0 Å². The van der Waals surface area contributed by atoms with Crippen LogP contribution in [-0.4, -0.2) is 37.0 Å². The molecule has 0 radical (unpaired) electrons. The van der Waals surface area contributed by atoms with Gasteiger partial charge in [0.2, 0.25) is 0 Å². The zero-order valence-corrected chi connectivity index (χ0v) is 13.8. The molecule has 0 amide bonds. The van der Waals surface area contributed by atoms with Gasteiger partial charge in [-0.2, -0.15) is 0 Å². The number of hydrogen-bond acceptors (Lipinski definition) is 3. The van der Waals surface area contributed by atoms with E-state index in [4.69, 9.17) is 4.74 Å². The summed E-state index contributed by atoms with van der Waals surface area (Å²) in [4.78, 5) is 15.2. The van der Waals surface area contributed by atoms with Crippen LogP contribution < -0.4 is 0 Å². The molecule has 120 valence electrons. The molecule has 2 aromatic rings. The minimum Gasteiger partial charge on any atom is -0.379 e. The number of rotatable bonds is 4. The summed E-state index contributed by atoms with van der Waals surface area (Å²) >= 11 is 0. The van der Waals surface area contributed by atoms with Gasteiger partial charge < -0.3 is 4.74 Å². The number of carbonyl (C=O) groups excluding carboxylic acids is 1. The van der Waals surface area contributed by atoms with E-state index in [0.717, 1.165) is 55.1 Å². The number of ketones is 1. The van der Waals surface area contributed by atoms with Crippen molar-refractivity contribution in [2.45, 2.75) is 20.4 Å². The first-order valence-electron chi connectivity index (χ1n) is 8.15. The summed E-state index contributed by atoms with van der Waals surface area (Å²) in [6, 6.07) is 13.9. The van der Waals surface area contributed by atoms with Gasteiger partial charge in [-0.3, -0.25) is 9.69 Å². The van der Waals surface area contributed by atoms with Crippen LogP contribution in [0.2, 0.25) is 0 Å². The maximum Gasteiger partial charge on any atom is 0.193 e. The van der Waals surface area contributed by atoms with E-state index in [1.807, 2.05) is 50.2 Å². The first-order valence-corrected chi connectivity index (χ1v) is 8.15. The first-order chi connectivity index (χ1) is 11.1. The molecule has 0 aromatic heterocycles. The molecule has 3 rings (SSSR count). The second kappa shape index (κ2) is 7.07. The Morgan fingerprint density at radius 2 is 1.83 bits per heavy atom. The van der Waals surface area contributed by atoms with Gasteiger partial charge in [0.1, 0.15) is 0 Å². The lowest BCUT2D eigenvalue weighted by Gasteiger charge is -2.26.